The summed E-state index contributed by atoms with van der Waals surface area (Å²) in [6.07, 6.45) is 1.57. The molecule has 1 unspecified atom stereocenters. The molecule has 0 fully saturated rings. The van der Waals surface area contributed by atoms with E-state index in [0.717, 1.165) is 5.56 Å². The largest absolute Gasteiger partial charge is 0.281 e. The molecule has 1 atom stereocenters. The van der Waals surface area contributed by atoms with Crippen LogP contribution in [0.5, 0.6) is 0 Å². The van der Waals surface area contributed by atoms with Crippen molar-refractivity contribution in [2.75, 3.05) is 11.4 Å². The van der Waals surface area contributed by atoms with Crippen LogP contribution in [0.15, 0.2) is 35.5 Å². The summed E-state index contributed by atoms with van der Waals surface area (Å²) in [7, 11) is -0.428. The molecule has 3 rings (SSSR count). The first kappa shape index (κ1) is 12.6. The number of hydrogen-bond acceptors (Lipinski definition) is 4. The van der Waals surface area contributed by atoms with Crippen LogP contribution in [0.3, 0.4) is 0 Å². The van der Waals surface area contributed by atoms with Crippen molar-refractivity contribution >= 4 is 28.3 Å². The molecule has 0 bridgehead atoms. The van der Waals surface area contributed by atoms with Gasteiger partial charge in [0.05, 0.1) is 17.1 Å². The van der Waals surface area contributed by atoms with Crippen LogP contribution in [0.2, 0.25) is 0 Å². The van der Waals surface area contributed by atoms with Gasteiger partial charge in [-0.05, 0) is 11.6 Å². The van der Waals surface area contributed by atoms with Crippen LogP contribution in [0, 0.1) is 0 Å². The van der Waals surface area contributed by atoms with E-state index < -0.39 is 10.0 Å². The summed E-state index contributed by atoms with van der Waals surface area (Å²) in [5.74, 6) is 0. The van der Waals surface area contributed by atoms with Gasteiger partial charge in [-0.2, -0.15) is 26.1 Å². The first-order valence-electron chi connectivity index (χ1n) is 5.72. The van der Waals surface area contributed by atoms with E-state index in [4.69, 9.17) is 0 Å². The maximum atomic E-state index is 12.6. The number of para-hydroxylation sites is 1. The fourth-order valence-corrected chi connectivity index (χ4v) is 4.41. The second-order valence-electron chi connectivity index (χ2n) is 4.46. The minimum atomic E-state index is -3.61. The highest BCUT2D eigenvalue weighted by atomic mass is 32.2. The average Bonchev–Trinajstić information content (AvgIpc) is 2.77. The van der Waals surface area contributed by atoms with Gasteiger partial charge in [-0.15, -0.1) is 0 Å². The molecule has 5 nitrogen and oxygen atoms in total. The standard InChI is InChI=1S/C12H13N3O2S2/c1-14-12-9(7-13-14)11(18)8-5-3-4-6-10(8)15(2)19(12,16)17/h3-7,11,18H,1-2H3. The quantitative estimate of drug-likeness (QED) is 0.751. The summed E-state index contributed by atoms with van der Waals surface area (Å²) in [5, 5.41) is 3.95. The molecule has 0 saturated heterocycles. The Morgan fingerprint density at radius 3 is 2.63 bits per heavy atom. The van der Waals surface area contributed by atoms with Crippen LogP contribution in [-0.2, 0) is 17.1 Å². The van der Waals surface area contributed by atoms with E-state index in [-0.39, 0.29) is 10.3 Å². The van der Waals surface area contributed by atoms with Gasteiger partial charge in [-0.25, -0.2) is 0 Å². The highest BCUT2D eigenvalue weighted by molar-refractivity contribution is 7.92. The number of benzene rings is 1. The third-order valence-electron chi connectivity index (χ3n) is 3.38. The first-order chi connectivity index (χ1) is 8.94. The molecule has 0 spiro atoms. The minimum absolute atomic E-state index is 0.200. The summed E-state index contributed by atoms with van der Waals surface area (Å²) in [6.45, 7) is 0. The lowest BCUT2D eigenvalue weighted by Crippen LogP contribution is -2.28. The highest BCUT2D eigenvalue weighted by Gasteiger charge is 2.36. The van der Waals surface area contributed by atoms with Crippen molar-refractivity contribution in [2.45, 2.75) is 10.3 Å². The van der Waals surface area contributed by atoms with Crippen molar-refractivity contribution in [2.24, 2.45) is 7.05 Å². The van der Waals surface area contributed by atoms with Gasteiger partial charge in [0.2, 0.25) is 0 Å². The number of nitrogens with zero attached hydrogens (tertiary/aromatic N) is 3. The van der Waals surface area contributed by atoms with Crippen molar-refractivity contribution in [3.05, 3.63) is 41.6 Å². The monoisotopic (exact) mass is 295 g/mol. The van der Waals surface area contributed by atoms with Gasteiger partial charge in [0, 0.05) is 19.7 Å². The highest BCUT2D eigenvalue weighted by Crippen LogP contribution is 2.42. The molecular weight excluding hydrogens is 282 g/mol. The number of sulfonamides is 1. The summed E-state index contributed by atoms with van der Waals surface area (Å²) in [6, 6.07) is 7.37. The lowest BCUT2D eigenvalue weighted by Gasteiger charge is -2.19. The zero-order valence-electron chi connectivity index (χ0n) is 10.5. The normalized spacial score (nSPS) is 20.6. The molecule has 0 N–H and O–H groups in total. The Bertz CT molecular complexity index is 752. The summed E-state index contributed by atoms with van der Waals surface area (Å²) < 4.78 is 28.0. The Kier molecular flexibility index (Phi) is 2.65. The van der Waals surface area contributed by atoms with E-state index in [1.165, 1.54) is 8.99 Å². The first-order valence-corrected chi connectivity index (χ1v) is 7.68. The molecule has 1 aromatic heterocycles. The van der Waals surface area contributed by atoms with Gasteiger partial charge >= 0.3 is 0 Å². The average molecular weight is 295 g/mol. The van der Waals surface area contributed by atoms with Crippen molar-refractivity contribution < 1.29 is 8.42 Å². The van der Waals surface area contributed by atoms with E-state index in [1.54, 1.807) is 26.4 Å². The van der Waals surface area contributed by atoms with Crippen molar-refractivity contribution in [1.29, 1.82) is 0 Å². The molecule has 2 heterocycles. The van der Waals surface area contributed by atoms with Gasteiger partial charge in [-0.3, -0.25) is 8.99 Å². The number of fused-ring (bicyclic) bond motifs is 2. The van der Waals surface area contributed by atoms with E-state index in [0.29, 0.717) is 11.3 Å². The van der Waals surface area contributed by atoms with Crippen LogP contribution in [-0.4, -0.2) is 25.2 Å². The fraction of sp³-hybridized carbons (Fsp3) is 0.250. The van der Waals surface area contributed by atoms with Crippen LogP contribution in [0.4, 0.5) is 5.69 Å². The zero-order chi connectivity index (χ0) is 13.8. The van der Waals surface area contributed by atoms with E-state index in [2.05, 4.69) is 17.7 Å². The van der Waals surface area contributed by atoms with Crippen LogP contribution >= 0.6 is 12.6 Å². The second-order valence-corrected chi connectivity index (χ2v) is 6.86. The molecule has 0 saturated carbocycles. The van der Waals surface area contributed by atoms with Gasteiger partial charge in [0.25, 0.3) is 10.0 Å². The summed E-state index contributed by atoms with van der Waals surface area (Å²) in [5.41, 5.74) is 2.13. The van der Waals surface area contributed by atoms with Gasteiger partial charge in [0.1, 0.15) is 0 Å². The topological polar surface area (TPSA) is 55.2 Å². The SMILES string of the molecule is CN1c2ccccc2C(S)c2cnn(C)c2S1(=O)=O. The molecule has 1 aliphatic rings. The van der Waals surface area contributed by atoms with Crippen molar-refractivity contribution in [1.82, 2.24) is 9.78 Å². The molecule has 1 aliphatic heterocycles. The summed E-state index contributed by atoms with van der Waals surface area (Å²) >= 11 is 4.58. The van der Waals surface area contributed by atoms with E-state index >= 15 is 0 Å². The smallest absolute Gasteiger partial charge is 0.268 e. The lowest BCUT2D eigenvalue weighted by atomic mass is 10.1. The van der Waals surface area contributed by atoms with E-state index in [1.807, 2.05) is 18.2 Å². The number of thiol groups is 1. The number of aryl methyl sites for hydroxylation is 1. The van der Waals surface area contributed by atoms with Gasteiger partial charge in [-0.1, -0.05) is 18.2 Å². The maximum absolute atomic E-state index is 12.6. The number of rotatable bonds is 0. The predicted molar refractivity (Wildman–Crippen MR) is 76.1 cm³/mol. The Labute approximate surface area is 117 Å². The lowest BCUT2D eigenvalue weighted by molar-refractivity contribution is 0.574. The molecule has 100 valence electrons. The molecule has 0 amide bonds. The molecule has 2 aromatic rings. The Morgan fingerprint density at radius 2 is 1.89 bits per heavy atom. The maximum Gasteiger partial charge on any atom is 0.281 e. The number of anilines is 1. The van der Waals surface area contributed by atoms with Gasteiger partial charge < -0.3 is 0 Å². The molecule has 0 aliphatic carbocycles. The van der Waals surface area contributed by atoms with Crippen molar-refractivity contribution in [3.63, 3.8) is 0 Å². The minimum Gasteiger partial charge on any atom is -0.268 e. The fourth-order valence-electron chi connectivity index (χ4n) is 2.38. The van der Waals surface area contributed by atoms with Crippen molar-refractivity contribution in [3.8, 4) is 0 Å². The molecule has 0 radical (unpaired) electrons. The van der Waals surface area contributed by atoms with Crippen LogP contribution in [0.25, 0.3) is 0 Å². The zero-order valence-corrected chi connectivity index (χ0v) is 12.2. The molecule has 7 heteroatoms. The summed E-state index contributed by atoms with van der Waals surface area (Å²) in [4.78, 5) is 0. The van der Waals surface area contributed by atoms with Crippen LogP contribution in [0.1, 0.15) is 16.4 Å². The Morgan fingerprint density at radius 1 is 1.21 bits per heavy atom. The third kappa shape index (κ3) is 1.61. The second kappa shape index (κ2) is 4.01. The van der Waals surface area contributed by atoms with E-state index in [9.17, 15) is 8.42 Å². The van der Waals surface area contributed by atoms with Gasteiger partial charge in [0.15, 0.2) is 5.03 Å². The third-order valence-corrected chi connectivity index (χ3v) is 5.84. The molecule has 19 heavy (non-hydrogen) atoms. The molecule has 1 aromatic carbocycles. The number of aromatic nitrogens is 2. The number of hydrogen-bond donors (Lipinski definition) is 1. The Hall–Kier alpha value is -1.47. The van der Waals surface area contributed by atoms with Crippen LogP contribution < -0.4 is 4.31 Å². The molecular formula is C12H13N3O2S2. The predicted octanol–water partition coefficient (Wildman–Crippen LogP) is 1.58. The Balaban J connectivity index is 2.42.